The summed E-state index contributed by atoms with van der Waals surface area (Å²) < 4.78 is 5.79. The molecule has 0 rings (SSSR count). The lowest BCUT2D eigenvalue weighted by Crippen LogP contribution is -2.39. The van der Waals surface area contributed by atoms with Crippen molar-refractivity contribution in [2.24, 2.45) is 0 Å². The third kappa shape index (κ3) is 4.53. The van der Waals surface area contributed by atoms with Crippen molar-refractivity contribution in [1.82, 2.24) is 0 Å². The van der Waals surface area contributed by atoms with E-state index in [0.29, 0.717) is 0 Å². The average molecular weight is 185 g/mol. The Hall–Kier alpha value is -0.333. The van der Waals surface area contributed by atoms with E-state index in [2.05, 4.69) is 32.6 Å². The Bertz CT molecular complexity index is 180. The van der Waals surface area contributed by atoms with E-state index in [9.17, 15) is 0 Å². The lowest BCUT2D eigenvalue weighted by Gasteiger charge is -2.30. The van der Waals surface area contributed by atoms with Crippen LogP contribution in [0.3, 0.4) is 0 Å². The molecular formula is C9H19NOSi. The third-order valence-electron chi connectivity index (χ3n) is 1.50. The van der Waals surface area contributed by atoms with Gasteiger partial charge in [0.15, 0.2) is 8.32 Å². The summed E-state index contributed by atoms with van der Waals surface area (Å²) in [5.74, 6) is 0. The van der Waals surface area contributed by atoms with Gasteiger partial charge in [0.1, 0.15) is 5.60 Å². The van der Waals surface area contributed by atoms with Crippen LogP contribution in [-0.4, -0.2) is 13.9 Å². The largest absolute Gasteiger partial charge is 0.400 e. The van der Waals surface area contributed by atoms with Gasteiger partial charge in [0.05, 0.1) is 6.07 Å². The third-order valence-corrected chi connectivity index (χ3v) is 2.56. The van der Waals surface area contributed by atoms with E-state index in [0.717, 1.165) is 12.8 Å². The van der Waals surface area contributed by atoms with Crippen LogP contribution in [0.1, 0.15) is 26.7 Å². The molecule has 0 N–H and O–H groups in total. The molecule has 0 aliphatic heterocycles. The molecule has 0 unspecified atom stereocenters. The predicted molar refractivity (Wildman–Crippen MR) is 53.4 cm³/mol. The molecule has 1 atom stereocenters. The summed E-state index contributed by atoms with van der Waals surface area (Å²) in [6.45, 7) is 10.3. The quantitative estimate of drug-likeness (QED) is 0.631. The first kappa shape index (κ1) is 11.7. The van der Waals surface area contributed by atoms with Gasteiger partial charge in [0.25, 0.3) is 0 Å². The number of rotatable bonds is 4. The van der Waals surface area contributed by atoms with Crippen molar-refractivity contribution in [1.29, 1.82) is 5.26 Å². The molecule has 0 bridgehead atoms. The molecule has 0 radical (unpaired) electrons. The topological polar surface area (TPSA) is 33.0 Å². The van der Waals surface area contributed by atoms with Crippen molar-refractivity contribution in [2.45, 2.75) is 51.9 Å². The minimum atomic E-state index is -1.57. The molecule has 0 fully saturated rings. The molecule has 0 spiro atoms. The Balaban J connectivity index is 4.27. The van der Waals surface area contributed by atoms with Gasteiger partial charge in [-0.15, -0.1) is 0 Å². The fourth-order valence-corrected chi connectivity index (χ4v) is 2.78. The fraction of sp³-hybridized carbons (Fsp3) is 0.889. The van der Waals surface area contributed by atoms with E-state index in [-0.39, 0.29) is 0 Å². The van der Waals surface area contributed by atoms with Crippen molar-refractivity contribution < 1.29 is 4.43 Å². The summed E-state index contributed by atoms with van der Waals surface area (Å²) >= 11 is 0. The molecule has 0 aliphatic carbocycles. The molecule has 0 saturated carbocycles. The van der Waals surface area contributed by atoms with Crippen molar-refractivity contribution in [3.8, 4) is 6.07 Å². The smallest absolute Gasteiger partial charge is 0.185 e. The first-order valence-electron chi connectivity index (χ1n) is 4.44. The second-order valence-corrected chi connectivity index (χ2v) is 8.74. The van der Waals surface area contributed by atoms with Gasteiger partial charge in [-0.2, -0.15) is 5.26 Å². The maximum atomic E-state index is 8.93. The maximum absolute atomic E-state index is 8.93. The van der Waals surface area contributed by atoms with Gasteiger partial charge in [-0.3, -0.25) is 0 Å². The number of nitrogens with zero attached hydrogens (tertiary/aromatic N) is 1. The Kier molecular flexibility index (Phi) is 3.95. The summed E-state index contributed by atoms with van der Waals surface area (Å²) in [6.07, 6.45) is 1.82. The zero-order chi connectivity index (χ0) is 9.83. The van der Waals surface area contributed by atoms with Gasteiger partial charge >= 0.3 is 0 Å². The molecule has 0 heterocycles. The predicted octanol–water partition coefficient (Wildman–Crippen LogP) is 2.92. The Morgan fingerprint density at radius 3 is 2.17 bits per heavy atom. The maximum Gasteiger partial charge on any atom is 0.185 e. The van der Waals surface area contributed by atoms with E-state index in [1.54, 1.807) is 0 Å². The average Bonchev–Trinajstić information content (AvgIpc) is 1.84. The second kappa shape index (κ2) is 4.06. The van der Waals surface area contributed by atoms with E-state index in [4.69, 9.17) is 9.69 Å². The molecule has 3 heteroatoms. The van der Waals surface area contributed by atoms with Crippen LogP contribution >= 0.6 is 0 Å². The molecule has 70 valence electrons. The van der Waals surface area contributed by atoms with E-state index < -0.39 is 13.9 Å². The van der Waals surface area contributed by atoms with Gasteiger partial charge in [0.2, 0.25) is 0 Å². The molecule has 0 aromatic heterocycles. The number of hydrogen-bond donors (Lipinski definition) is 0. The van der Waals surface area contributed by atoms with Crippen molar-refractivity contribution in [2.75, 3.05) is 0 Å². The summed E-state index contributed by atoms with van der Waals surface area (Å²) in [4.78, 5) is 0. The van der Waals surface area contributed by atoms with Gasteiger partial charge < -0.3 is 4.43 Å². The first-order valence-corrected chi connectivity index (χ1v) is 7.85. The summed E-state index contributed by atoms with van der Waals surface area (Å²) in [7, 11) is -1.57. The molecule has 0 aromatic carbocycles. The summed E-state index contributed by atoms with van der Waals surface area (Å²) in [5, 5.41) is 8.93. The normalized spacial score (nSPS) is 16.7. The zero-order valence-corrected chi connectivity index (χ0v) is 9.77. The number of nitriles is 1. The van der Waals surface area contributed by atoms with Crippen LogP contribution in [0.25, 0.3) is 0 Å². The molecule has 0 saturated heterocycles. The summed E-state index contributed by atoms with van der Waals surface area (Å²) in [6, 6.07) is 2.25. The van der Waals surface area contributed by atoms with Crippen LogP contribution in [0.5, 0.6) is 0 Å². The molecule has 0 aromatic rings. The first-order chi connectivity index (χ1) is 5.33. The minimum Gasteiger partial charge on any atom is -0.400 e. The Morgan fingerprint density at radius 1 is 1.42 bits per heavy atom. The van der Waals surface area contributed by atoms with Crippen LogP contribution in [-0.2, 0) is 4.43 Å². The van der Waals surface area contributed by atoms with Crippen molar-refractivity contribution in [3.63, 3.8) is 0 Å². The van der Waals surface area contributed by atoms with Crippen molar-refractivity contribution in [3.05, 3.63) is 0 Å². The van der Waals surface area contributed by atoms with Crippen LogP contribution in [0.4, 0.5) is 0 Å². The standard InChI is InChI=1S/C9H19NOSi/c1-6-7-9(2,8-10)11-12(3,4)5/h6-7H2,1-5H3/t9-/m1/s1. The molecule has 12 heavy (non-hydrogen) atoms. The van der Waals surface area contributed by atoms with Gasteiger partial charge in [-0.25, -0.2) is 0 Å². The van der Waals surface area contributed by atoms with E-state index >= 15 is 0 Å². The molecule has 0 amide bonds. The fourth-order valence-electron chi connectivity index (χ4n) is 1.28. The highest BCUT2D eigenvalue weighted by molar-refractivity contribution is 6.69. The van der Waals surface area contributed by atoms with Gasteiger partial charge in [-0.1, -0.05) is 13.3 Å². The molecule has 0 aliphatic rings. The van der Waals surface area contributed by atoms with Crippen LogP contribution in [0, 0.1) is 11.3 Å². The second-order valence-electron chi connectivity index (χ2n) is 4.31. The zero-order valence-electron chi connectivity index (χ0n) is 8.77. The van der Waals surface area contributed by atoms with E-state index in [1.165, 1.54) is 0 Å². The lowest BCUT2D eigenvalue weighted by atomic mass is 10.0. The highest BCUT2D eigenvalue weighted by Gasteiger charge is 2.30. The minimum absolute atomic E-state index is 0.556. The van der Waals surface area contributed by atoms with E-state index in [1.807, 2.05) is 6.92 Å². The number of hydrogen-bond acceptors (Lipinski definition) is 2. The van der Waals surface area contributed by atoms with Gasteiger partial charge in [-0.05, 0) is 33.0 Å². The van der Waals surface area contributed by atoms with Crippen LogP contribution in [0.15, 0.2) is 0 Å². The highest BCUT2D eigenvalue weighted by Crippen LogP contribution is 2.21. The highest BCUT2D eigenvalue weighted by atomic mass is 28.4. The monoisotopic (exact) mass is 185 g/mol. The molecule has 2 nitrogen and oxygen atoms in total. The van der Waals surface area contributed by atoms with Crippen LogP contribution in [0.2, 0.25) is 19.6 Å². The van der Waals surface area contributed by atoms with Gasteiger partial charge in [0, 0.05) is 0 Å². The Morgan fingerprint density at radius 2 is 1.92 bits per heavy atom. The van der Waals surface area contributed by atoms with Crippen LogP contribution < -0.4 is 0 Å². The van der Waals surface area contributed by atoms with Crippen molar-refractivity contribution >= 4 is 8.32 Å². The lowest BCUT2D eigenvalue weighted by molar-refractivity contribution is 0.129. The molecular weight excluding hydrogens is 166 g/mol. The SMILES string of the molecule is CCC[C@](C)(C#N)O[Si](C)(C)C. The Labute approximate surface area is 76.7 Å². The summed E-state index contributed by atoms with van der Waals surface area (Å²) in [5.41, 5.74) is -0.556.